The molecule has 2 amide bonds. The maximum atomic E-state index is 13.2. The van der Waals surface area contributed by atoms with E-state index in [1.807, 2.05) is 42.5 Å². The molecule has 0 aliphatic carbocycles. The molecule has 1 unspecified atom stereocenters. The number of amides is 2. The van der Waals surface area contributed by atoms with E-state index in [1.165, 1.54) is 5.56 Å². The van der Waals surface area contributed by atoms with Gasteiger partial charge in [0.05, 0.1) is 26.0 Å². The van der Waals surface area contributed by atoms with Crippen LogP contribution in [0.25, 0.3) is 0 Å². The number of likely N-dealkylation sites (tertiary alicyclic amines) is 1. The van der Waals surface area contributed by atoms with Crippen molar-refractivity contribution < 1.29 is 19.1 Å². The lowest BCUT2D eigenvalue weighted by Gasteiger charge is -2.31. The van der Waals surface area contributed by atoms with Gasteiger partial charge in [0.2, 0.25) is 5.91 Å². The first-order valence-corrected chi connectivity index (χ1v) is 12.4. The van der Waals surface area contributed by atoms with Crippen molar-refractivity contribution in [1.82, 2.24) is 25.2 Å². The van der Waals surface area contributed by atoms with Crippen molar-refractivity contribution in [3.63, 3.8) is 0 Å². The zero-order valence-corrected chi connectivity index (χ0v) is 20.4. The predicted octanol–water partition coefficient (Wildman–Crippen LogP) is 2.77. The summed E-state index contributed by atoms with van der Waals surface area (Å²) in [7, 11) is 1.64. The Balaban J connectivity index is 1.12. The Morgan fingerprint density at radius 3 is 2.56 bits per heavy atom. The second-order valence-corrected chi connectivity index (χ2v) is 9.23. The molecule has 0 radical (unpaired) electrons. The lowest BCUT2D eigenvalue weighted by Crippen LogP contribution is -2.43. The number of carbonyl (C=O) groups excluding carboxylic acids is 2. The van der Waals surface area contributed by atoms with Crippen molar-refractivity contribution >= 4 is 11.8 Å². The van der Waals surface area contributed by atoms with Gasteiger partial charge in [0.15, 0.2) is 5.69 Å². The van der Waals surface area contributed by atoms with Gasteiger partial charge in [0.1, 0.15) is 11.9 Å². The third-order valence-corrected chi connectivity index (χ3v) is 7.00. The van der Waals surface area contributed by atoms with Crippen molar-refractivity contribution in [3.05, 3.63) is 77.1 Å². The average molecular weight is 490 g/mol. The van der Waals surface area contributed by atoms with Crippen molar-refractivity contribution in [3.8, 4) is 5.75 Å². The third-order valence-electron chi connectivity index (χ3n) is 7.00. The number of ether oxygens (including phenoxy) is 2. The highest BCUT2D eigenvalue weighted by molar-refractivity contribution is 5.93. The molecule has 1 aromatic heterocycles. The zero-order valence-electron chi connectivity index (χ0n) is 20.4. The Hall–Kier alpha value is -3.72. The molecule has 0 saturated carbocycles. The van der Waals surface area contributed by atoms with Crippen molar-refractivity contribution in [2.24, 2.45) is 5.92 Å². The molecule has 3 aromatic rings. The number of hydrogen-bond donors (Lipinski definition) is 1. The van der Waals surface area contributed by atoms with Gasteiger partial charge in [-0.25, -0.2) is 4.68 Å². The summed E-state index contributed by atoms with van der Waals surface area (Å²) in [6, 6.07) is 17.9. The van der Waals surface area contributed by atoms with E-state index in [0.29, 0.717) is 50.4 Å². The van der Waals surface area contributed by atoms with Crippen LogP contribution in [0.3, 0.4) is 0 Å². The standard InChI is InChI=1S/C27H31N5O4/c1-35-22-9-7-20(8-10-22)24-17-32-23(18-36-24)25(29-30-32)27(34)31-15-12-21(13-16-31)26(33)28-14-11-19-5-3-2-4-6-19/h2-10,21,24H,11-18H2,1H3,(H,28,33). The number of rotatable bonds is 7. The number of methoxy groups -OCH3 is 1. The van der Waals surface area contributed by atoms with Crippen LogP contribution in [-0.2, 0) is 29.1 Å². The van der Waals surface area contributed by atoms with Crippen LogP contribution in [0.1, 0.15) is 46.3 Å². The van der Waals surface area contributed by atoms with E-state index in [2.05, 4.69) is 27.8 Å². The molecular weight excluding hydrogens is 458 g/mol. The van der Waals surface area contributed by atoms with Crippen LogP contribution in [0, 0.1) is 5.92 Å². The van der Waals surface area contributed by atoms with E-state index >= 15 is 0 Å². The number of piperidine rings is 1. The van der Waals surface area contributed by atoms with Crippen molar-refractivity contribution in [2.45, 2.75) is 38.5 Å². The fourth-order valence-electron chi connectivity index (χ4n) is 4.81. The maximum Gasteiger partial charge on any atom is 0.276 e. The first-order chi connectivity index (χ1) is 17.6. The number of hydrogen-bond acceptors (Lipinski definition) is 6. The predicted molar refractivity (Wildman–Crippen MR) is 132 cm³/mol. The molecule has 5 rings (SSSR count). The minimum absolute atomic E-state index is 0.0667. The van der Waals surface area contributed by atoms with Crippen molar-refractivity contribution in [2.75, 3.05) is 26.7 Å². The molecule has 3 heterocycles. The smallest absolute Gasteiger partial charge is 0.276 e. The minimum Gasteiger partial charge on any atom is -0.497 e. The van der Waals surface area contributed by atoms with Crippen LogP contribution in [0.2, 0.25) is 0 Å². The van der Waals surface area contributed by atoms with Crippen LogP contribution in [0.15, 0.2) is 54.6 Å². The van der Waals surface area contributed by atoms with E-state index in [4.69, 9.17) is 9.47 Å². The SMILES string of the molecule is COc1ccc(C2Cn3nnc(C(=O)N4CCC(C(=O)NCCc5ccccc5)CC4)c3CO2)cc1. The number of carbonyl (C=O) groups is 2. The van der Waals surface area contributed by atoms with Crippen LogP contribution in [-0.4, -0.2) is 58.5 Å². The number of aromatic nitrogens is 3. The molecule has 1 atom stereocenters. The number of nitrogens with one attached hydrogen (secondary N) is 1. The lowest BCUT2D eigenvalue weighted by molar-refractivity contribution is -0.126. The summed E-state index contributed by atoms with van der Waals surface area (Å²) in [6.45, 7) is 2.43. The first kappa shape index (κ1) is 24.0. The van der Waals surface area contributed by atoms with Gasteiger partial charge < -0.3 is 19.7 Å². The van der Waals surface area contributed by atoms with Gasteiger partial charge in [-0.15, -0.1) is 5.10 Å². The molecule has 0 spiro atoms. The van der Waals surface area contributed by atoms with Crippen molar-refractivity contribution in [1.29, 1.82) is 0 Å². The maximum absolute atomic E-state index is 13.2. The molecular formula is C27H31N5O4. The van der Waals surface area contributed by atoms with Gasteiger partial charge >= 0.3 is 0 Å². The Morgan fingerprint density at radius 1 is 1.08 bits per heavy atom. The highest BCUT2D eigenvalue weighted by atomic mass is 16.5. The van der Waals surface area contributed by atoms with Gasteiger partial charge in [-0.2, -0.15) is 0 Å². The van der Waals surface area contributed by atoms with Crippen LogP contribution >= 0.6 is 0 Å². The molecule has 36 heavy (non-hydrogen) atoms. The second-order valence-electron chi connectivity index (χ2n) is 9.23. The fraction of sp³-hybridized carbons (Fsp3) is 0.407. The average Bonchev–Trinajstić information content (AvgIpc) is 3.36. The summed E-state index contributed by atoms with van der Waals surface area (Å²) in [4.78, 5) is 27.6. The minimum atomic E-state index is -0.163. The molecule has 2 aliphatic heterocycles. The Bertz CT molecular complexity index is 1190. The van der Waals surface area contributed by atoms with E-state index < -0.39 is 0 Å². The number of fused-ring (bicyclic) bond motifs is 1. The van der Waals surface area contributed by atoms with Gasteiger partial charge in [0, 0.05) is 25.6 Å². The largest absolute Gasteiger partial charge is 0.497 e. The zero-order chi connectivity index (χ0) is 24.9. The van der Waals surface area contributed by atoms with E-state index in [1.54, 1.807) is 16.7 Å². The highest BCUT2D eigenvalue weighted by Gasteiger charge is 2.33. The highest BCUT2D eigenvalue weighted by Crippen LogP contribution is 2.29. The monoisotopic (exact) mass is 489 g/mol. The summed E-state index contributed by atoms with van der Waals surface area (Å²) in [5.74, 6) is 0.632. The molecule has 9 heteroatoms. The molecule has 1 N–H and O–H groups in total. The Kier molecular flexibility index (Phi) is 7.27. The van der Waals surface area contributed by atoms with E-state index in [9.17, 15) is 9.59 Å². The molecule has 1 fully saturated rings. The second kappa shape index (κ2) is 10.9. The Morgan fingerprint density at radius 2 is 1.83 bits per heavy atom. The summed E-state index contributed by atoms with van der Waals surface area (Å²) < 4.78 is 13.0. The molecule has 9 nitrogen and oxygen atoms in total. The van der Waals surface area contributed by atoms with Gasteiger partial charge in [-0.1, -0.05) is 47.7 Å². The summed E-state index contributed by atoms with van der Waals surface area (Å²) in [5.41, 5.74) is 3.27. The summed E-state index contributed by atoms with van der Waals surface area (Å²) in [5, 5.41) is 11.5. The fourth-order valence-corrected chi connectivity index (χ4v) is 4.81. The molecule has 1 saturated heterocycles. The molecule has 2 aromatic carbocycles. The van der Waals surface area contributed by atoms with E-state index in [0.717, 1.165) is 17.7 Å². The third kappa shape index (κ3) is 5.26. The van der Waals surface area contributed by atoms with Gasteiger partial charge in [-0.05, 0) is 42.5 Å². The lowest BCUT2D eigenvalue weighted by atomic mass is 9.95. The van der Waals surface area contributed by atoms with Crippen LogP contribution in [0.4, 0.5) is 0 Å². The summed E-state index contributed by atoms with van der Waals surface area (Å²) in [6.07, 6.45) is 1.93. The molecule has 0 bridgehead atoms. The van der Waals surface area contributed by atoms with Gasteiger partial charge in [0.25, 0.3) is 5.91 Å². The summed E-state index contributed by atoms with van der Waals surface area (Å²) >= 11 is 0. The topological polar surface area (TPSA) is 98.6 Å². The Labute approximate surface area is 210 Å². The van der Waals surface area contributed by atoms with Crippen LogP contribution < -0.4 is 10.1 Å². The van der Waals surface area contributed by atoms with E-state index in [-0.39, 0.29) is 30.4 Å². The number of benzene rings is 2. The molecule has 2 aliphatic rings. The first-order valence-electron chi connectivity index (χ1n) is 12.4. The van der Waals surface area contributed by atoms with Gasteiger partial charge in [-0.3, -0.25) is 9.59 Å². The normalized spacial score (nSPS) is 17.9. The number of nitrogens with zero attached hydrogens (tertiary/aromatic N) is 4. The molecule has 188 valence electrons. The van der Waals surface area contributed by atoms with Crippen LogP contribution in [0.5, 0.6) is 5.75 Å². The quantitative estimate of drug-likeness (QED) is 0.548.